The van der Waals surface area contributed by atoms with Crippen molar-refractivity contribution in [3.63, 3.8) is 0 Å². The summed E-state index contributed by atoms with van der Waals surface area (Å²) in [4.78, 5) is 1.43. The fourth-order valence-corrected chi connectivity index (χ4v) is 3.65. The number of hydrogen-bond acceptors (Lipinski definition) is 2. The van der Waals surface area contributed by atoms with Crippen LogP contribution in [0.1, 0.15) is 30.2 Å². The fraction of sp³-hybridized carbons (Fsp3) is 0.412. The molecule has 0 aliphatic carbocycles. The second-order valence-corrected chi connectivity index (χ2v) is 7.02. The summed E-state index contributed by atoms with van der Waals surface area (Å²) in [5.74, 6) is 0. The minimum absolute atomic E-state index is 0.407. The van der Waals surface area contributed by atoms with Crippen molar-refractivity contribution in [2.75, 3.05) is 6.54 Å². The number of thiophene rings is 1. The Morgan fingerprint density at radius 3 is 2.52 bits per heavy atom. The van der Waals surface area contributed by atoms with Gasteiger partial charge >= 0.3 is 0 Å². The highest BCUT2D eigenvalue weighted by Gasteiger charge is 2.14. The Morgan fingerprint density at radius 1 is 1.14 bits per heavy atom. The van der Waals surface area contributed by atoms with E-state index in [4.69, 9.17) is 23.2 Å². The summed E-state index contributed by atoms with van der Waals surface area (Å²) in [5, 5.41) is 7.29. The summed E-state index contributed by atoms with van der Waals surface area (Å²) >= 11 is 14.4. The molecule has 114 valence electrons. The van der Waals surface area contributed by atoms with Crippen molar-refractivity contribution in [3.8, 4) is 0 Å². The summed E-state index contributed by atoms with van der Waals surface area (Å²) in [6, 6.07) is 10.4. The molecule has 2 rings (SSSR count). The second kappa shape index (κ2) is 8.79. The number of benzene rings is 1. The van der Waals surface area contributed by atoms with Crippen LogP contribution in [0.4, 0.5) is 0 Å². The molecule has 1 unspecified atom stereocenters. The molecule has 0 fully saturated rings. The number of aryl methyl sites for hydroxylation is 1. The first-order valence-electron chi connectivity index (χ1n) is 7.39. The lowest BCUT2D eigenvalue weighted by Crippen LogP contribution is -2.32. The molecule has 1 N–H and O–H groups in total. The maximum Gasteiger partial charge on any atom is 0.0453 e. The Bertz CT molecular complexity index is 519. The summed E-state index contributed by atoms with van der Waals surface area (Å²) in [5.41, 5.74) is 1.06. The SMILES string of the molecule is CCCNC(CCc1cccs1)Cc1c(Cl)cccc1Cl. The van der Waals surface area contributed by atoms with Crippen LogP contribution in [0.15, 0.2) is 35.7 Å². The molecule has 21 heavy (non-hydrogen) atoms. The molecule has 0 aliphatic heterocycles. The largest absolute Gasteiger partial charge is 0.314 e. The Balaban J connectivity index is 2.01. The summed E-state index contributed by atoms with van der Waals surface area (Å²) < 4.78 is 0. The summed E-state index contributed by atoms with van der Waals surface area (Å²) in [7, 11) is 0. The summed E-state index contributed by atoms with van der Waals surface area (Å²) in [6.45, 7) is 3.21. The lowest BCUT2D eigenvalue weighted by atomic mass is 10.0. The average molecular weight is 342 g/mol. The maximum absolute atomic E-state index is 6.30. The molecule has 1 atom stereocenters. The molecular weight excluding hydrogens is 321 g/mol. The van der Waals surface area contributed by atoms with E-state index >= 15 is 0 Å². The van der Waals surface area contributed by atoms with Gasteiger partial charge in [-0.2, -0.15) is 0 Å². The number of halogens is 2. The van der Waals surface area contributed by atoms with Crippen LogP contribution in [0.25, 0.3) is 0 Å². The first-order chi connectivity index (χ1) is 10.2. The van der Waals surface area contributed by atoms with Crippen molar-refractivity contribution in [3.05, 3.63) is 56.2 Å². The van der Waals surface area contributed by atoms with Crippen molar-refractivity contribution in [1.29, 1.82) is 0 Å². The van der Waals surface area contributed by atoms with E-state index in [1.165, 1.54) is 4.88 Å². The van der Waals surface area contributed by atoms with Crippen molar-refractivity contribution in [2.24, 2.45) is 0 Å². The molecule has 1 heterocycles. The highest BCUT2D eigenvalue weighted by Crippen LogP contribution is 2.26. The number of hydrogen-bond donors (Lipinski definition) is 1. The maximum atomic E-state index is 6.30. The van der Waals surface area contributed by atoms with E-state index in [0.717, 1.165) is 47.8 Å². The molecule has 0 spiro atoms. The van der Waals surface area contributed by atoms with Crippen LogP contribution < -0.4 is 5.32 Å². The van der Waals surface area contributed by atoms with E-state index in [1.807, 2.05) is 29.5 Å². The van der Waals surface area contributed by atoms with Crippen LogP contribution in [-0.2, 0) is 12.8 Å². The van der Waals surface area contributed by atoms with Gasteiger partial charge in [0.2, 0.25) is 0 Å². The minimum Gasteiger partial charge on any atom is -0.314 e. The minimum atomic E-state index is 0.407. The van der Waals surface area contributed by atoms with E-state index in [2.05, 4.69) is 29.8 Å². The van der Waals surface area contributed by atoms with E-state index in [9.17, 15) is 0 Å². The van der Waals surface area contributed by atoms with Crippen molar-refractivity contribution >= 4 is 34.5 Å². The smallest absolute Gasteiger partial charge is 0.0453 e. The van der Waals surface area contributed by atoms with Gasteiger partial charge in [-0.1, -0.05) is 42.3 Å². The molecule has 0 saturated heterocycles. The van der Waals surface area contributed by atoms with Gasteiger partial charge in [0.25, 0.3) is 0 Å². The molecule has 0 bridgehead atoms. The standard InChI is InChI=1S/C17H21Cl2NS/c1-2-10-20-13(8-9-14-5-4-11-21-14)12-15-16(18)6-3-7-17(15)19/h3-7,11,13,20H,2,8-10,12H2,1H3. The molecule has 0 aliphatic rings. The van der Waals surface area contributed by atoms with Gasteiger partial charge in [0.05, 0.1) is 0 Å². The van der Waals surface area contributed by atoms with Crippen molar-refractivity contribution in [2.45, 2.75) is 38.6 Å². The topological polar surface area (TPSA) is 12.0 Å². The Hall–Kier alpha value is -0.540. The van der Waals surface area contributed by atoms with Crippen LogP contribution >= 0.6 is 34.5 Å². The third kappa shape index (κ3) is 5.30. The molecular formula is C17H21Cl2NS. The Morgan fingerprint density at radius 2 is 1.90 bits per heavy atom. The number of rotatable bonds is 8. The van der Waals surface area contributed by atoms with E-state index in [-0.39, 0.29) is 0 Å². The third-order valence-corrected chi connectivity index (χ3v) is 5.16. The molecule has 4 heteroatoms. The lowest BCUT2D eigenvalue weighted by Gasteiger charge is -2.19. The van der Waals surface area contributed by atoms with Crippen LogP contribution in [0.3, 0.4) is 0 Å². The van der Waals surface area contributed by atoms with Crippen LogP contribution in [-0.4, -0.2) is 12.6 Å². The van der Waals surface area contributed by atoms with Gasteiger partial charge in [0.15, 0.2) is 0 Å². The monoisotopic (exact) mass is 341 g/mol. The average Bonchev–Trinajstić information content (AvgIpc) is 2.98. The van der Waals surface area contributed by atoms with Crippen LogP contribution in [0.5, 0.6) is 0 Å². The van der Waals surface area contributed by atoms with E-state index < -0.39 is 0 Å². The van der Waals surface area contributed by atoms with Crippen molar-refractivity contribution < 1.29 is 0 Å². The molecule has 2 aromatic rings. The number of nitrogens with one attached hydrogen (secondary N) is 1. The molecule has 0 saturated carbocycles. The molecule has 0 amide bonds. The zero-order chi connectivity index (χ0) is 15.1. The van der Waals surface area contributed by atoms with Crippen LogP contribution in [0.2, 0.25) is 10.0 Å². The third-order valence-electron chi connectivity index (χ3n) is 3.51. The van der Waals surface area contributed by atoms with E-state index in [0.29, 0.717) is 6.04 Å². The Labute approximate surface area is 141 Å². The molecule has 1 nitrogen and oxygen atoms in total. The fourth-order valence-electron chi connectivity index (χ4n) is 2.37. The van der Waals surface area contributed by atoms with E-state index in [1.54, 1.807) is 0 Å². The van der Waals surface area contributed by atoms with Gasteiger partial charge in [-0.3, -0.25) is 0 Å². The molecule has 1 aromatic carbocycles. The zero-order valence-electron chi connectivity index (χ0n) is 12.2. The van der Waals surface area contributed by atoms with Gasteiger partial charge in [-0.05, 0) is 61.4 Å². The normalized spacial score (nSPS) is 12.5. The lowest BCUT2D eigenvalue weighted by molar-refractivity contribution is 0.479. The highest BCUT2D eigenvalue weighted by molar-refractivity contribution is 7.09. The van der Waals surface area contributed by atoms with Gasteiger partial charge < -0.3 is 5.32 Å². The highest BCUT2D eigenvalue weighted by atomic mass is 35.5. The first-order valence-corrected chi connectivity index (χ1v) is 9.03. The molecule has 0 radical (unpaired) electrons. The van der Waals surface area contributed by atoms with Crippen LogP contribution in [0, 0.1) is 0 Å². The van der Waals surface area contributed by atoms with Gasteiger partial charge in [-0.25, -0.2) is 0 Å². The van der Waals surface area contributed by atoms with Crippen molar-refractivity contribution in [1.82, 2.24) is 5.32 Å². The van der Waals surface area contributed by atoms with Gasteiger partial charge in [0, 0.05) is 21.0 Å². The predicted molar refractivity (Wildman–Crippen MR) is 94.9 cm³/mol. The first kappa shape index (κ1) is 16.8. The zero-order valence-corrected chi connectivity index (χ0v) is 14.6. The quantitative estimate of drug-likeness (QED) is 0.658. The second-order valence-electron chi connectivity index (χ2n) is 5.17. The van der Waals surface area contributed by atoms with Gasteiger partial charge in [0.1, 0.15) is 0 Å². The van der Waals surface area contributed by atoms with Gasteiger partial charge in [-0.15, -0.1) is 11.3 Å². The molecule has 1 aromatic heterocycles. The predicted octanol–water partition coefficient (Wildman–Crippen LogP) is 5.60. The summed E-state index contributed by atoms with van der Waals surface area (Å²) in [6.07, 6.45) is 4.21. The Kier molecular flexibility index (Phi) is 7.05.